The van der Waals surface area contributed by atoms with Crippen molar-refractivity contribution in [3.63, 3.8) is 0 Å². The van der Waals surface area contributed by atoms with Crippen LogP contribution in [0.1, 0.15) is 32.1 Å². The van der Waals surface area contributed by atoms with E-state index in [9.17, 15) is 0 Å². The second-order valence-corrected chi connectivity index (χ2v) is 5.46. The predicted molar refractivity (Wildman–Crippen MR) is 68.8 cm³/mol. The average molecular weight is 225 g/mol. The second-order valence-electron chi connectivity index (χ2n) is 5.46. The van der Waals surface area contributed by atoms with E-state index in [0.29, 0.717) is 0 Å². The van der Waals surface area contributed by atoms with Crippen LogP contribution in [0.5, 0.6) is 0 Å². The molecular formula is C13H27N3. The zero-order chi connectivity index (χ0) is 11.4. The van der Waals surface area contributed by atoms with Crippen LogP contribution in [0.4, 0.5) is 0 Å². The van der Waals surface area contributed by atoms with E-state index in [0.717, 1.165) is 18.6 Å². The van der Waals surface area contributed by atoms with Crippen molar-refractivity contribution in [3.05, 3.63) is 0 Å². The minimum Gasteiger partial charge on any atom is -0.320 e. The van der Waals surface area contributed by atoms with Crippen molar-refractivity contribution in [2.75, 3.05) is 40.3 Å². The van der Waals surface area contributed by atoms with Gasteiger partial charge in [-0.25, -0.2) is 0 Å². The summed E-state index contributed by atoms with van der Waals surface area (Å²) in [5.74, 6) is 0. The van der Waals surface area contributed by atoms with E-state index in [-0.39, 0.29) is 0 Å². The average Bonchev–Trinajstić information content (AvgIpc) is 2.81. The molecule has 2 rings (SSSR count). The number of nitrogens with zero attached hydrogens (tertiary/aromatic N) is 2. The Kier molecular flexibility index (Phi) is 4.62. The first-order chi connectivity index (χ1) is 7.81. The number of piperazine rings is 1. The Balaban J connectivity index is 1.83. The zero-order valence-electron chi connectivity index (χ0n) is 10.9. The minimum atomic E-state index is 0.766. The second kappa shape index (κ2) is 5.99. The van der Waals surface area contributed by atoms with Crippen molar-refractivity contribution >= 4 is 0 Å². The first-order valence-corrected chi connectivity index (χ1v) is 6.90. The summed E-state index contributed by atoms with van der Waals surface area (Å²) in [4.78, 5) is 5.30. The maximum absolute atomic E-state index is 3.27. The summed E-state index contributed by atoms with van der Waals surface area (Å²) in [5.41, 5.74) is 0. The molecule has 0 aromatic carbocycles. The lowest BCUT2D eigenvalue weighted by Crippen LogP contribution is -2.54. The van der Waals surface area contributed by atoms with Gasteiger partial charge in [0.2, 0.25) is 0 Å². The molecule has 1 heterocycles. The van der Waals surface area contributed by atoms with Crippen LogP contribution in [0.25, 0.3) is 0 Å². The topological polar surface area (TPSA) is 18.5 Å². The zero-order valence-corrected chi connectivity index (χ0v) is 10.9. The summed E-state index contributed by atoms with van der Waals surface area (Å²) in [6.07, 6.45) is 7.09. The monoisotopic (exact) mass is 225 g/mol. The largest absolute Gasteiger partial charge is 0.320 e. The molecule has 2 fully saturated rings. The lowest BCUT2D eigenvalue weighted by molar-refractivity contribution is 0.0623. The number of hydrogen-bond donors (Lipinski definition) is 1. The SMILES string of the molecule is CNCCC1CN(C2CCCC2)CCN1C. The Hall–Kier alpha value is -0.120. The highest BCUT2D eigenvalue weighted by Crippen LogP contribution is 2.25. The van der Waals surface area contributed by atoms with Crippen LogP contribution >= 0.6 is 0 Å². The molecule has 0 amide bonds. The molecule has 16 heavy (non-hydrogen) atoms. The molecule has 3 heteroatoms. The van der Waals surface area contributed by atoms with Gasteiger partial charge >= 0.3 is 0 Å². The molecule has 1 N–H and O–H groups in total. The molecule has 94 valence electrons. The molecule has 1 saturated heterocycles. The standard InChI is InChI=1S/C13H27N3/c1-14-8-7-13-11-16(10-9-15(13)2)12-5-3-4-6-12/h12-14H,3-11H2,1-2H3. The Bertz CT molecular complexity index is 201. The normalized spacial score (nSPS) is 30.0. The van der Waals surface area contributed by atoms with Gasteiger partial charge in [0.15, 0.2) is 0 Å². The Labute approximate surface area is 100 Å². The highest BCUT2D eigenvalue weighted by atomic mass is 15.3. The Morgan fingerprint density at radius 3 is 2.62 bits per heavy atom. The van der Waals surface area contributed by atoms with Crippen molar-refractivity contribution in [3.8, 4) is 0 Å². The summed E-state index contributed by atoms with van der Waals surface area (Å²) in [5, 5.41) is 3.27. The molecule has 1 aliphatic heterocycles. The van der Waals surface area contributed by atoms with Crippen molar-refractivity contribution < 1.29 is 0 Å². The van der Waals surface area contributed by atoms with Gasteiger partial charge in [-0.05, 0) is 39.9 Å². The first kappa shape index (κ1) is 12.3. The summed E-state index contributed by atoms with van der Waals surface area (Å²) in [7, 11) is 4.34. The third-order valence-corrected chi connectivity index (χ3v) is 4.38. The summed E-state index contributed by atoms with van der Waals surface area (Å²) in [6, 6.07) is 1.67. The molecule has 0 aromatic heterocycles. The smallest absolute Gasteiger partial charge is 0.0232 e. The molecule has 1 aliphatic carbocycles. The van der Waals surface area contributed by atoms with Gasteiger partial charge in [0, 0.05) is 31.7 Å². The van der Waals surface area contributed by atoms with E-state index in [1.54, 1.807) is 0 Å². The highest BCUT2D eigenvalue weighted by molar-refractivity contribution is 4.86. The summed E-state index contributed by atoms with van der Waals surface area (Å²) >= 11 is 0. The molecule has 1 atom stereocenters. The quantitative estimate of drug-likeness (QED) is 0.774. The van der Waals surface area contributed by atoms with Crippen LogP contribution in [0.2, 0.25) is 0 Å². The van der Waals surface area contributed by atoms with Gasteiger partial charge in [-0.2, -0.15) is 0 Å². The van der Waals surface area contributed by atoms with Crippen molar-refractivity contribution in [1.29, 1.82) is 0 Å². The lowest BCUT2D eigenvalue weighted by atomic mass is 10.1. The lowest BCUT2D eigenvalue weighted by Gasteiger charge is -2.42. The van der Waals surface area contributed by atoms with Gasteiger partial charge in [0.05, 0.1) is 0 Å². The van der Waals surface area contributed by atoms with E-state index in [4.69, 9.17) is 0 Å². The molecule has 3 nitrogen and oxygen atoms in total. The molecule has 0 bridgehead atoms. The Morgan fingerprint density at radius 2 is 1.94 bits per heavy atom. The van der Waals surface area contributed by atoms with Gasteiger partial charge in [-0.15, -0.1) is 0 Å². The van der Waals surface area contributed by atoms with Gasteiger partial charge in [0.25, 0.3) is 0 Å². The summed E-state index contributed by atoms with van der Waals surface area (Å²) < 4.78 is 0. The van der Waals surface area contributed by atoms with Crippen molar-refractivity contribution in [2.24, 2.45) is 0 Å². The van der Waals surface area contributed by atoms with E-state index in [1.807, 2.05) is 0 Å². The molecule has 0 aromatic rings. The molecule has 1 saturated carbocycles. The van der Waals surface area contributed by atoms with Crippen LogP contribution in [0.3, 0.4) is 0 Å². The molecule has 0 spiro atoms. The van der Waals surface area contributed by atoms with Gasteiger partial charge in [-0.1, -0.05) is 12.8 Å². The first-order valence-electron chi connectivity index (χ1n) is 6.90. The number of nitrogens with one attached hydrogen (secondary N) is 1. The van der Waals surface area contributed by atoms with E-state index >= 15 is 0 Å². The Morgan fingerprint density at radius 1 is 1.19 bits per heavy atom. The maximum atomic E-state index is 3.27. The molecular weight excluding hydrogens is 198 g/mol. The summed E-state index contributed by atoms with van der Waals surface area (Å²) in [6.45, 7) is 4.98. The van der Waals surface area contributed by atoms with Crippen LogP contribution in [0.15, 0.2) is 0 Å². The number of rotatable bonds is 4. The fourth-order valence-corrected chi connectivity index (χ4v) is 3.19. The van der Waals surface area contributed by atoms with Crippen LogP contribution < -0.4 is 5.32 Å². The third kappa shape index (κ3) is 2.96. The number of hydrogen-bond acceptors (Lipinski definition) is 3. The van der Waals surface area contributed by atoms with Gasteiger partial charge in [0.1, 0.15) is 0 Å². The van der Waals surface area contributed by atoms with Crippen LogP contribution in [-0.2, 0) is 0 Å². The highest BCUT2D eigenvalue weighted by Gasteiger charge is 2.29. The molecule has 2 aliphatic rings. The fraction of sp³-hybridized carbons (Fsp3) is 1.00. The maximum Gasteiger partial charge on any atom is 0.0232 e. The van der Waals surface area contributed by atoms with Crippen molar-refractivity contribution in [1.82, 2.24) is 15.1 Å². The van der Waals surface area contributed by atoms with Gasteiger partial charge in [-0.3, -0.25) is 4.90 Å². The van der Waals surface area contributed by atoms with E-state index in [1.165, 1.54) is 51.7 Å². The third-order valence-electron chi connectivity index (χ3n) is 4.38. The predicted octanol–water partition coefficient (Wildman–Crippen LogP) is 1.15. The van der Waals surface area contributed by atoms with Gasteiger partial charge < -0.3 is 10.2 Å². The van der Waals surface area contributed by atoms with E-state index in [2.05, 4.69) is 29.2 Å². The number of likely N-dealkylation sites (N-methyl/N-ethyl adjacent to an activating group) is 1. The molecule has 0 radical (unpaired) electrons. The van der Waals surface area contributed by atoms with Crippen LogP contribution in [-0.4, -0.2) is 62.2 Å². The molecule has 1 unspecified atom stereocenters. The minimum absolute atomic E-state index is 0.766. The van der Waals surface area contributed by atoms with E-state index < -0.39 is 0 Å². The van der Waals surface area contributed by atoms with Crippen molar-refractivity contribution in [2.45, 2.75) is 44.2 Å². The fourth-order valence-electron chi connectivity index (χ4n) is 3.19. The van der Waals surface area contributed by atoms with Crippen LogP contribution in [0, 0.1) is 0 Å².